The van der Waals surface area contributed by atoms with Crippen LogP contribution in [0.2, 0.25) is 0 Å². The molecule has 0 aromatic rings. The number of halogens is 1. The lowest BCUT2D eigenvalue weighted by atomic mass is 9.97. The molecular weight excluding hydrogens is 512 g/mol. The third-order valence-corrected chi connectivity index (χ3v) is 7.63. The van der Waals surface area contributed by atoms with Gasteiger partial charge in [-0.3, -0.25) is 9.42 Å². The molecule has 2 aliphatic rings. The van der Waals surface area contributed by atoms with E-state index in [0.29, 0.717) is 11.1 Å². The molecule has 0 aromatic heterocycles. The average molecular weight is 526 g/mol. The molecule has 15 nitrogen and oxygen atoms in total. The molecule has 0 aromatic carbocycles. The van der Waals surface area contributed by atoms with Gasteiger partial charge in [-0.25, -0.2) is 18.1 Å². The van der Waals surface area contributed by atoms with E-state index < -0.39 is 53.5 Å². The summed E-state index contributed by atoms with van der Waals surface area (Å²) in [6.07, 6.45) is -0.774. The van der Waals surface area contributed by atoms with Gasteiger partial charge in [0.2, 0.25) is 11.9 Å². The maximum Gasteiger partial charge on any atom is 0.490 e. The Morgan fingerprint density at radius 2 is 1.87 bits per heavy atom. The van der Waals surface area contributed by atoms with Crippen LogP contribution in [0.1, 0.15) is 0 Å². The van der Waals surface area contributed by atoms with Crippen molar-refractivity contribution in [3.63, 3.8) is 0 Å². The zero-order chi connectivity index (χ0) is 24.0. The smallest absolute Gasteiger partial charge is 0.383 e. The minimum Gasteiger partial charge on any atom is -0.383 e. The summed E-state index contributed by atoms with van der Waals surface area (Å²) in [5.74, 6) is 0.749. The number of thiocarbonyl (C=S) groups is 1. The van der Waals surface area contributed by atoms with E-state index in [9.17, 15) is 33.2 Å². The van der Waals surface area contributed by atoms with E-state index >= 15 is 0 Å². The first-order chi connectivity index (χ1) is 13.9. The number of terminal acetylenes is 1. The number of aliphatic hydroxyl groups excluding tert-OH is 1. The van der Waals surface area contributed by atoms with E-state index in [4.69, 9.17) is 38.1 Å². The third kappa shape index (κ3) is 6.05. The van der Waals surface area contributed by atoms with Gasteiger partial charge in [0, 0.05) is 6.20 Å². The van der Waals surface area contributed by atoms with Crippen molar-refractivity contribution in [3.05, 3.63) is 24.3 Å². The van der Waals surface area contributed by atoms with Crippen LogP contribution in [-0.2, 0) is 31.6 Å². The van der Waals surface area contributed by atoms with Crippen molar-refractivity contribution in [1.29, 1.82) is 0 Å². The Hall–Kier alpha value is -1.05. The molecule has 0 aliphatic carbocycles. The standard InChI is InChI=1S/C11H14FN2O13P3S/c1-3-11(16)7(15)8(24-9(11)14-4-6(12)5(2)13-10(14)31)25-29(20,21)27-30(22,23)26-28(17,18)19/h1,4,7-9,15-16H,2H2,(H,13,31)(H,20,21)(H,22,23)(H2,17,18,19)/t7?,8?,9-,11-/m1/s1. The molecule has 0 amide bonds. The second-order valence-electron chi connectivity index (χ2n) is 5.76. The molecule has 7 N–H and O–H groups in total. The Labute approximate surface area is 178 Å². The summed E-state index contributed by atoms with van der Waals surface area (Å²) in [5.41, 5.74) is -3.01. The van der Waals surface area contributed by atoms with Crippen LogP contribution >= 0.6 is 35.7 Å². The molecule has 2 aliphatic heterocycles. The lowest BCUT2D eigenvalue weighted by Crippen LogP contribution is -2.57. The van der Waals surface area contributed by atoms with Crippen LogP contribution in [0.3, 0.4) is 0 Å². The highest BCUT2D eigenvalue weighted by Crippen LogP contribution is 2.67. The Bertz CT molecular complexity index is 1010. The lowest BCUT2D eigenvalue weighted by Gasteiger charge is -2.36. The summed E-state index contributed by atoms with van der Waals surface area (Å²) in [6.45, 7) is 3.31. The highest BCUT2D eigenvalue weighted by molar-refractivity contribution is 7.80. The Kier molecular flexibility index (Phi) is 7.36. The molecular formula is C11H14FN2O13P3S. The van der Waals surface area contributed by atoms with Gasteiger partial charge >= 0.3 is 23.5 Å². The molecule has 174 valence electrons. The van der Waals surface area contributed by atoms with E-state index in [-0.39, 0.29) is 10.8 Å². The van der Waals surface area contributed by atoms with Crippen molar-refractivity contribution in [2.24, 2.45) is 0 Å². The molecule has 31 heavy (non-hydrogen) atoms. The number of nitrogens with one attached hydrogen (secondary N) is 1. The Balaban J connectivity index is 2.27. The van der Waals surface area contributed by atoms with Gasteiger partial charge in [0.15, 0.2) is 17.2 Å². The first kappa shape index (κ1) is 26.2. The van der Waals surface area contributed by atoms with Gasteiger partial charge in [0.05, 0.1) is 5.70 Å². The molecule has 2 rings (SSSR count). The van der Waals surface area contributed by atoms with Gasteiger partial charge in [-0.15, -0.1) is 6.42 Å². The van der Waals surface area contributed by atoms with Crippen molar-refractivity contribution < 1.29 is 65.8 Å². The second-order valence-corrected chi connectivity index (χ2v) is 10.5. The predicted molar refractivity (Wildman–Crippen MR) is 99.3 cm³/mol. The van der Waals surface area contributed by atoms with Gasteiger partial charge in [-0.2, -0.15) is 8.62 Å². The van der Waals surface area contributed by atoms with E-state index in [2.05, 4.69) is 25.0 Å². The number of hydrogen-bond donors (Lipinski definition) is 7. The highest BCUT2D eigenvalue weighted by atomic mass is 32.1. The Morgan fingerprint density at radius 1 is 1.29 bits per heavy atom. The van der Waals surface area contributed by atoms with Crippen LogP contribution in [0.4, 0.5) is 4.39 Å². The predicted octanol–water partition coefficient (Wildman–Crippen LogP) is -0.748. The summed E-state index contributed by atoms with van der Waals surface area (Å²) in [7, 11) is -17.3. The number of aliphatic hydroxyl groups is 2. The number of nitrogens with zero attached hydrogens (tertiary/aromatic N) is 1. The SMILES string of the molecule is C#C[C@@]1(O)C(O)C(OP(=O)(O)OP(=O)(O)OP(=O)(O)O)O[C@H]1N1C=C(F)C(=C)NC1=S. The molecule has 2 heterocycles. The zero-order valence-electron chi connectivity index (χ0n) is 14.7. The fraction of sp³-hybridized carbons (Fsp3) is 0.364. The van der Waals surface area contributed by atoms with E-state index in [1.165, 1.54) is 0 Å². The molecule has 0 bridgehead atoms. The zero-order valence-corrected chi connectivity index (χ0v) is 18.2. The van der Waals surface area contributed by atoms with Gasteiger partial charge < -0.3 is 39.8 Å². The monoisotopic (exact) mass is 526 g/mol. The largest absolute Gasteiger partial charge is 0.490 e. The number of phosphoric acid groups is 3. The van der Waals surface area contributed by atoms with E-state index in [0.717, 1.165) is 0 Å². The minimum atomic E-state index is -5.87. The van der Waals surface area contributed by atoms with Crippen LogP contribution in [0.15, 0.2) is 24.3 Å². The van der Waals surface area contributed by atoms with Crippen molar-refractivity contribution in [3.8, 4) is 12.3 Å². The summed E-state index contributed by atoms with van der Waals surface area (Å²) >= 11 is 4.92. The van der Waals surface area contributed by atoms with E-state index in [1.807, 2.05) is 0 Å². The third-order valence-electron chi connectivity index (χ3n) is 3.52. The van der Waals surface area contributed by atoms with Crippen LogP contribution in [0, 0.1) is 12.3 Å². The topological polar surface area (TPSA) is 225 Å². The summed E-state index contributed by atoms with van der Waals surface area (Å²) < 4.78 is 64.2. The molecule has 1 saturated heterocycles. The Morgan fingerprint density at radius 3 is 2.39 bits per heavy atom. The first-order valence-corrected chi connectivity index (χ1v) is 12.4. The summed E-state index contributed by atoms with van der Waals surface area (Å²) in [5, 5.41) is 22.8. The normalized spacial score (nSPS) is 33.2. The summed E-state index contributed by atoms with van der Waals surface area (Å²) in [6, 6.07) is 0. The molecule has 0 radical (unpaired) electrons. The quantitative estimate of drug-likeness (QED) is 0.123. The number of phosphoric ester groups is 1. The maximum absolute atomic E-state index is 13.9. The number of ether oxygens (including phenoxy) is 1. The fourth-order valence-corrected chi connectivity index (χ4v) is 5.65. The van der Waals surface area contributed by atoms with Crippen molar-refractivity contribution in [2.75, 3.05) is 0 Å². The molecule has 0 spiro atoms. The first-order valence-electron chi connectivity index (χ1n) is 7.42. The van der Waals surface area contributed by atoms with Crippen molar-refractivity contribution >= 4 is 40.8 Å². The van der Waals surface area contributed by atoms with Gasteiger partial charge in [0.1, 0.15) is 6.10 Å². The highest BCUT2D eigenvalue weighted by Gasteiger charge is 2.60. The molecule has 4 unspecified atom stereocenters. The molecule has 6 atom stereocenters. The van der Waals surface area contributed by atoms with Gasteiger partial charge in [-0.1, -0.05) is 12.5 Å². The maximum atomic E-state index is 13.9. The van der Waals surface area contributed by atoms with Crippen molar-refractivity contribution in [2.45, 2.75) is 24.2 Å². The fourth-order valence-electron chi connectivity index (χ4n) is 2.29. The molecule has 1 fully saturated rings. The average Bonchev–Trinajstić information content (AvgIpc) is 2.79. The lowest BCUT2D eigenvalue weighted by molar-refractivity contribution is -0.136. The molecule has 0 saturated carbocycles. The summed E-state index contributed by atoms with van der Waals surface area (Å²) in [4.78, 5) is 36.4. The van der Waals surface area contributed by atoms with Gasteiger partial charge in [0.25, 0.3) is 0 Å². The van der Waals surface area contributed by atoms with Crippen LogP contribution in [0.5, 0.6) is 0 Å². The van der Waals surface area contributed by atoms with Crippen molar-refractivity contribution in [1.82, 2.24) is 10.2 Å². The van der Waals surface area contributed by atoms with Crippen LogP contribution < -0.4 is 5.32 Å². The van der Waals surface area contributed by atoms with Gasteiger partial charge in [-0.05, 0) is 12.2 Å². The minimum absolute atomic E-state index is 0.256. The van der Waals surface area contributed by atoms with E-state index in [1.54, 1.807) is 5.92 Å². The second kappa shape index (κ2) is 8.71. The number of allylic oxidation sites excluding steroid dienone is 1. The van der Waals surface area contributed by atoms with Crippen LogP contribution in [-0.4, -0.2) is 64.0 Å². The number of hydrogen-bond acceptors (Lipinski definition) is 10. The number of rotatable bonds is 7. The molecule has 20 heteroatoms. The van der Waals surface area contributed by atoms with Crippen LogP contribution in [0.25, 0.3) is 0 Å².